The zero-order valence-electron chi connectivity index (χ0n) is 12.7. The van der Waals surface area contributed by atoms with Crippen molar-refractivity contribution >= 4 is 12.1 Å². The summed E-state index contributed by atoms with van der Waals surface area (Å²) in [5, 5.41) is 12.5. The van der Waals surface area contributed by atoms with Gasteiger partial charge in [0, 0.05) is 0 Å². The number of ether oxygens (including phenoxy) is 2. The second kappa shape index (κ2) is 7.08. The quantitative estimate of drug-likeness (QED) is 0.830. The Bertz CT molecular complexity index is 507. The van der Waals surface area contributed by atoms with Crippen molar-refractivity contribution in [3.8, 4) is 0 Å². The van der Waals surface area contributed by atoms with E-state index in [-0.39, 0.29) is 6.54 Å². The van der Waals surface area contributed by atoms with E-state index in [2.05, 4.69) is 10.1 Å². The van der Waals surface area contributed by atoms with Crippen LogP contribution in [0.15, 0.2) is 24.3 Å². The molecule has 21 heavy (non-hydrogen) atoms. The predicted octanol–water partition coefficient (Wildman–Crippen LogP) is 2.03. The molecule has 1 atom stereocenters. The number of carbonyl (C=O) groups is 2. The van der Waals surface area contributed by atoms with Crippen molar-refractivity contribution in [2.75, 3.05) is 13.7 Å². The Balaban J connectivity index is 2.62. The fraction of sp³-hybridized carbons (Fsp3) is 0.467. The third-order valence-electron chi connectivity index (χ3n) is 2.53. The molecule has 0 saturated carbocycles. The maximum atomic E-state index is 11.5. The van der Waals surface area contributed by atoms with E-state index >= 15 is 0 Å². The molecule has 0 aliphatic carbocycles. The smallest absolute Gasteiger partial charge is 0.407 e. The lowest BCUT2D eigenvalue weighted by Crippen LogP contribution is -2.34. The summed E-state index contributed by atoms with van der Waals surface area (Å²) in [5.41, 5.74) is 0.250. The van der Waals surface area contributed by atoms with Gasteiger partial charge in [-0.15, -0.1) is 0 Å². The molecule has 0 fully saturated rings. The maximum absolute atomic E-state index is 11.5. The van der Waals surface area contributed by atoms with E-state index in [1.54, 1.807) is 39.0 Å². The summed E-state index contributed by atoms with van der Waals surface area (Å²) in [6, 6.07) is 6.41. The highest BCUT2D eigenvalue weighted by Crippen LogP contribution is 2.15. The van der Waals surface area contributed by atoms with Crippen LogP contribution in [0.25, 0.3) is 0 Å². The summed E-state index contributed by atoms with van der Waals surface area (Å²) in [4.78, 5) is 22.9. The first kappa shape index (κ1) is 17.0. The number of methoxy groups -OCH3 is 1. The number of aliphatic hydroxyl groups is 1. The van der Waals surface area contributed by atoms with Crippen LogP contribution in [0.1, 0.15) is 42.8 Å². The number of esters is 1. The average molecular weight is 295 g/mol. The van der Waals surface area contributed by atoms with Crippen molar-refractivity contribution < 1.29 is 24.2 Å². The standard InChI is InChI=1S/C15H21NO5/c1-15(2,3)21-14(19)16-9-12(17)10-6-5-7-11(8-10)13(18)20-4/h5-8,12,17H,9H2,1-4H3,(H,16,19)/t12-/m0/s1. The molecule has 0 aliphatic rings. The molecule has 0 aromatic heterocycles. The average Bonchev–Trinajstić information content (AvgIpc) is 2.42. The number of alkyl carbamates (subject to hydrolysis) is 1. The second-order valence-corrected chi connectivity index (χ2v) is 5.52. The fourth-order valence-electron chi connectivity index (χ4n) is 1.60. The van der Waals surface area contributed by atoms with Gasteiger partial charge in [-0.2, -0.15) is 0 Å². The van der Waals surface area contributed by atoms with Crippen LogP contribution < -0.4 is 5.32 Å². The van der Waals surface area contributed by atoms with Gasteiger partial charge in [-0.1, -0.05) is 12.1 Å². The highest BCUT2D eigenvalue weighted by atomic mass is 16.6. The molecule has 0 unspecified atom stereocenters. The third kappa shape index (κ3) is 5.83. The Kier molecular flexibility index (Phi) is 5.72. The lowest BCUT2D eigenvalue weighted by molar-refractivity contribution is 0.0490. The maximum Gasteiger partial charge on any atom is 0.407 e. The molecule has 0 spiro atoms. The molecule has 1 aromatic carbocycles. The summed E-state index contributed by atoms with van der Waals surface area (Å²) >= 11 is 0. The number of nitrogens with one attached hydrogen (secondary N) is 1. The Hall–Kier alpha value is -2.08. The van der Waals surface area contributed by atoms with Crippen LogP contribution in [-0.4, -0.2) is 36.4 Å². The van der Waals surface area contributed by atoms with Crippen molar-refractivity contribution in [3.63, 3.8) is 0 Å². The van der Waals surface area contributed by atoms with Gasteiger partial charge >= 0.3 is 12.1 Å². The van der Waals surface area contributed by atoms with E-state index in [1.807, 2.05) is 0 Å². The normalized spacial score (nSPS) is 12.4. The summed E-state index contributed by atoms with van der Waals surface area (Å²) in [7, 11) is 1.29. The SMILES string of the molecule is COC(=O)c1cccc([C@@H](O)CNC(=O)OC(C)(C)C)c1. The largest absolute Gasteiger partial charge is 0.465 e. The number of amides is 1. The Morgan fingerprint density at radius 2 is 2.00 bits per heavy atom. The van der Waals surface area contributed by atoms with Crippen LogP contribution in [0, 0.1) is 0 Å². The Morgan fingerprint density at radius 1 is 1.33 bits per heavy atom. The molecule has 1 rings (SSSR count). The van der Waals surface area contributed by atoms with E-state index in [0.29, 0.717) is 11.1 Å². The predicted molar refractivity (Wildman–Crippen MR) is 77.0 cm³/mol. The minimum atomic E-state index is -0.942. The van der Waals surface area contributed by atoms with Crippen molar-refractivity contribution in [3.05, 3.63) is 35.4 Å². The van der Waals surface area contributed by atoms with Crippen LogP contribution >= 0.6 is 0 Å². The Morgan fingerprint density at radius 3 is 2.57 bits per heavy atom. The lowest BCUT2D eigenvalue weighted by Gasteiger charge is -2.20. The lowest BCUT2D eigenvalue weighted by atomic mass is 10.1. The molecule has 0 aliphatic heterocycles. The summed E-state index contributed by atoms with van der Waals surface area (Å²) in [6.07, 6.45) is -1.55. The minimum absolute atomic E-state index is 0.0143. The molecular formula is C15H21NO5. The summed E-state index contributed by atoms with van der Waals surface area (Å²) < 4.78 is 9.68. The topological polar surface area (TPSA) is 84.9 Å². The molecule has 1 aromatic rings. The van der Waals surface area contributed by atoms with E-state index in [1.165, 1.54) is 13.2 Å². The molecule has 0 saturated heterocycles. The molecule has 0 bridgehead atoms. The van der Waals surface area contributed by atoms with Crippen molar-refractivity contribution in [1.29, 1.82) is 0 Å². The van der Waals surface area contributed by atoms with E-state index in [4.69, 9.17) is 4.74 Å². The third-order valence-corrected chi connectivity index (χ3v) is 2.53. The zero-order chi connectivity index (χ0) is 16.0. The second-order valence-electron chi connectivity index (χ2n) is 5.52. The molecule has 6 nitrogen and oxygen atoms in total. The number of hydrogen-bond donors (Lipinski definition) is 2. The van der Waals surface area contributed by atoms with Gasteiger partial charge < -0.3 is 19.9 Å². The van der Waals surface area contributed by atoms with E-state index in [0.717, 1.165) is 0 Å². The number of hydrogen-bond acceptors (Lipinski definition) is 5. The van der Waals surface area contributed by atoms with Gasteiger partial charge in [-0.05, 0) is 38.5 Å². The Labute approximate surface area is 124 Å². The highest BCUT2D eigenvalue weighted by molar-refractivity contribution is 5.89. The molecule has 0 radical (unpaired) electrons. The van der Waals surface area contributed by atoms with Crippen LogP contribution in [0.5, 0.6) is 0 Å². The van der Waals surface area contributed by atoms with E-state index in [9.17, 15) is 14.7 Å². The first-order valence-electron chi connectivity index (χ1n) is 6.56. The number of benzene rings is 1. The van der Waals surface area contributed by atoms with E-state index < -0.39 is 23.8 Å². The minimum Gasteiger partial charge on any atom is -0.465 e. The van der Waals surface area contributed by atoms with Crippen LogP contribution in [0.4, 0.5) is 4.79 Å². The van der Waals surface area contributed by atoms with Crippen molar-refractivity contribution in [2.24, 2.45) is 0 Å². The van der Waals surface area contributed by atoms with Gasteiger partial charge in [0.15, 0.2) is 0 Å². The molecule has 1 amide bonds. The molecule has 2 N–H and O–H groups in total. The number of aliphatic hydroxyl groups excluding tert-OH is 1. The van der Waals surface area contributed by atoms with Gasteiger partial charge in [0.05, 0.1) is 25.3 Å². The zero-order valence-corrected chi connectivity index (χ0v) is 12.7. The van der Waals surface area contributed by atoms with Gasteiger partial charge in [-0.25, -0.2) is 9.59 Å². The molecule has 116 valence electrons. The van der Waals surface area contributed by atoms with Gasteiger partial charge in [0.25, 0.3) is 0 Å². The van der Waals surface area contributed by atoms with Gasteiger partial charge in [0.2, 0.25) is 0 Å². The van der Waals surface area contributed by atoms with Crippen LogP contribution in [-0.2, 0) is 9.47 Å². The molecule has 6 heteroatoms. The van der Waals surface area contributed by atoms with Crippen molar-refractivity contribution in [2.45, 2.75) is 32.5 Å². The first-order valence-corrected chi connectivity index (χ1v) is 6.56. The monoisotopic (exact) mass is 295 g/mol. The van der Waals surface area contributed by atoms with Crippen LogP contribution in [0.3, 0.4) is 0 Å². The number of rotatable bonds is 4. The molecular weight excluding hydrogens is 274 g/mol. The van der Waals surface area contributed by atoms with Crippen molar-refractivity contribution in [1.82, 2.24) is 5.32 Å². The summed E-state index contributed by atoms with van der Waals surface area (Å²) in [6.45, 7) is 5.24. The summed E-state index contributed by atoms with van der Waals surface area (Å²) in [5.74, 6) is -0.482. The van der Waals surface area contributed by atoms with Gasteiger partial charge in [0.1, 0.15) is 5.60 Å². The molecule has 0 heterocycles. The fourth-order valence-corrected chi connectivity index (χ4v) is 1.60. The first-order chi connectivity index (χ1) is 9.73. The number of carbonyl (C=O) groups excluding carboxylic acids is 2. The van der Waals surface area contributed by atoms with Gasteiger partial charge in [-0.3, -0.25) is 0 Å². The van der Waals surface area contributed by atoms with Crippen LogP contribution in [0.2, 0.25) is 0 Å². The highest BCUT2D eigenvalue weighted by Gasteiger charge is 2.17.